The molecular formula is C20H23ClN2O2S. The Balaban J connectivity index is 2.12. The Kier molecular flexibility index (Phi) is 7.54. The minimum Gasteiger partial charge on any atom is -0.357 e. The minimum atomic E-state index is -0.565. The summed E-state index contributed by atoms with van der Waals surface area (Å²) in [6.45, 7) is 4.09. The van der Waals surface area contributed by atoms with E-state index in [0.717, 1.165) is 10.5 Å². The Labute approximate surface area is 163 Å². The molecule has 0 spiro atoms. The summed E-state index contributed by atoms with van der Waals surface area (Å²) in [7, 11) is 1.57. The lowest BCUT2D eigenvalue weighted by molar-refractivity contribution is -0.138. The van der Waals surface area contributed by atoms with Crippen molar-refractivity contribution in [2.75, 3.05) is 12.8 Å². The Morgan fingerprint density at radius 2 is 1.88 bits per heavy atom. The molecule has 2 rings (SSSR count). The zero-order valence-corrected chi connectivity index (χ0v) is 16.7. The van der Waals surface area contributed by atoms with Gasteiger partial charge < -0.3 is 10.2 Å². The molecule has 2 amide bonds. The number of benzene rings is 2. The number of halogens is 1. The topological polar surface area (TPSA) is 49.4 Å². The van der Waals surface area contributed by atoms with Gasteiger partial charge in [0.05, 0.1) is 5.75 Å². The maximum Gasteiger partial charge on any atom is 0.242 e. The zero-order chi connectivity index (χ0) is 19.1. The van der Waals surface area contributed by atoms with Gasteiger partial charge in [-0.2, -0.15) is 0 Å². The number of hydrogen-bond acceptors (Lipinski definition) is 3. The molecule has 0 fully saturated rings. The van der Waals surface area contributed by atoms with Gasteiger partial charge in [-0.05, 0) is 43.7 Å². The number of carbonyl (C=O) groups excluding carboxylic acids is 2. The van der Waals surface area contributed by atoms with E-state index >= 15 is 0 Å². The van der Waals surface area contributed by atoms with Crippen LogP contribution in [0.25, 0.3) is 0 Å². The van der Waals surface area contributed by atoms with E-state index < -0.39 is 6.04 Å². The number of aryl methyl sites for hydroxylation is 1. The summed E-state index contributed by atoms with van der Waals surface area (Å²) in [5, 5.41) is 3.22. The number of rotatable bonds is 7. The van der Waals surface area contributed by atoms with Crippen LogP contribution in [0.2, 0.25) is 5.02 Å². The van der Waals surface area contributed by atoms with E-state index in [9.17, 15) is 9.59 Å². The molecule has 0 unspecified atom stereocenters. The fraction of sp³-hybridized carbons (Fsp3) is 0.300. The second kappa shape index (κ2) is 9.64. The summed E-state index contributed by atoms with van der Waals surface area (Å²) in [6, 6.07) is 14.8. The van der Waals surface area contributed by atoms with Crippen LogP contribution in [0.4, 0.5) is 0 Å². The van der Waals surface area contributed by atoms with Crippen molar-refractivity contribution in [2.45, 2.75) is 31.3 Å². The standard InChI is InChI=1S/C20H23ClN2O2S/c1-14-7-9-18(10-8-14)26-13-19(24)23(15(2)20(25)22-3)12-16-5-4-6-17(21)11-16/h4-11,15H,12-13H2,1-3H3,(H,22,25)/t15-/m0/s1. The number of hydrogen-bond donors (Lipinski definition) is 1. The highest BCUT2D eigenvalue weighted by Gasteiger charge is 2.25. The van der Waals surface area contributed by atoms with Gasteiger partial charge in [0.2, 0.25) is 11.8 Å². The quantitative estimate of drug-likeness (QED) is 0.729. The summed E-state index contributed by atoms with van der Waals surface area (Å²) in [4.78, 5) is 27.5. The molecule has 2 aromatic rings. The number of nitrogens with zero attached hydrogens (tertiary/aromatic N) is 1. The molecule has 6 heteroatoms. The van der Waals surface area contributed by atoms with Crippen molar-refractivity contribution in [3.8, 4) is 0 Å². The van der Waals surface area contributed by atoms with Gasteiger partial charge >= 0.3 is 0 Å². The minimum absolute atomic E-state index is 0.0911. The first-order chi connectivity index (χ1) is 12.4. The summed E-state index contributed by atoms with van der Waals surface area (Å²) >= 11 is 7.51. The summed E-state index contributed by atoms with van der Waals surface area (Å²) in [6.07, 6.45) is 0. The predicted octanol–water partition coefficient (Wildman–Crippen LogP) is 3.90. The van der Waals surface area contributed by atoms with Crippen LogP contribution in [0.5, 0.6) is 0 Å². The molecule has 0 radical (unpaired) electrons. The highest BCUT2D eigenvalue weighted by Crippen LogP contribution is 2.21. The second-order valence-corrected chi connectivity index (χ2v) is 7.53. The van der Waals surface area contributed by atoms with Crippen molar-refractivity contribution >= 4 is 35.2 Å². The first kappa shape index (κ1) is 20.3. The highest BCUT2D eigenvalue weighted by atomic mass is 35.5. The fourth-order valence-corrected chi connectivity index (χ4v) is 3.48. The number of carbonyl (C=O) groups is 2. The van der Waals surface area contributed by atoms with E-state index in [1.165, 1.54) is 17.3 Å². The third kappa shape index (κ3) is 5.78. The highest BCUT2D eigenvalue weighted by molar-refractivity contribution is 8.00. The summed E-state index contributed by atoms with van der Waals surface area (Å²) < 4.78 is 0. The normalized spacial score (nSPS) is 11.7. The molecule has 26 heavy (non-hydrogen) atoms. The van der Waals surface area contributed by atoms with E-state index in [2.05, 4.69) is 5.32 Å². The number of thioether (sulfide) groups is 1. The molecule has 0 saturated carbocycles. The molecule has 0 heterocycles. The van der Waals surface area contributed by atoms with Crippen LogP contribution in [0.15, 0.2) is 53.4 Å². The summed E-state index contributed by atoms with van der Waals surface area (Å²) in [5.74, 6) is -0.0160. The first-order valence-electron chi connectivity index (χ1n) is 8.35. The SMILES string of the molecule is CNC(=O)[C@H](C)N(Cc1cccc(Cl)c1)C(=O)CSc1ccc(C)cc1. The molecule has 4 nitrogen and oxygen atoms in total. The van der Waals surface area contributed by atoms with Gasteiger partial charge in [0.15, 0.2) is 0 Å². The van der Waals surface area contributed by atoms with E-state index in [-0.39, 0.29) is 17.6 Å². The van der Waals surface area contributed by atoms with Gasteiger partial charge in [0.25, 0.3) is 0 Å². The van der Waals surface area contributed by atoms with Crippen LogP contribution in [0.3, 0.4) is 0 Å². The van der Waals surface area contributed by atoms with E-state index in [0.29, 0.717) is 11.6 Å². The Hall–Kier alpha value is -1.98. The fourth-order valence-electron chi connectivity index (χ4n) is 2.49. The molecule has 1 N–H and O–H groups in total. The maximum atomic E-state index is 12.8. The number of amides is 2. The molecule has 0 bridgehead atoms. The molecule has 1 atom stereocenters. The molecule has 138 valence electrons. The maximum absolute atomic E-state index is 12.8. The molecule has 0 aromatic heterocycles. The van der Waals surface area contributed by atoms with Gasteiger partial charge in [-0.1, -0.05) is 41.4 Å². The van der Waals surface area contributed by atoms with Crippen molar-refractivity contribution in [1.29, 1.82) is 0 Å². The van der Waals surface area contributed by atoms with Gasteiger partial charge in [-0.15, -0.1) is 11.8 Å². The lowest BCUT2D eigenvalue weighted by atomic mass is 10.1. The Bertz CT molecular complexity index is 765. The van der Waals surface area contributed by atoms with Crippen molar-refractivity contribution in [3.63, 3.8) is 0 Å². The van der Waals surface area contributed by atoms with Crippen LogP contribution < -0.4 is 5.32 Å². The van der Waals surface area contributed by atoms with Gasteiger partial charge in [0, 0.05) is 23.5 Å². The molecule has 0 saturated heterocycles. The number of likely N-dealkylation sites (N-methyl/N-ethyl adjacent to an activating group) is 1. The van der Waals surface area contributed by atoms with Crippen LogP contribution in [0.1, 0.15) is 18.1 Å². The second-order valence-electron chi connectivity index (χ2n) is 6.04. The Morgan fingerprint density at radius 1 is 1.19 bits per heavy atom. The predicted molar refractivity (Wildman–Crippen MR) is 107 cm³/mol. The van der Waals surface area contributed by atoms with E-state index in [1.807, 2.05) is 49.4 Å². The van der Waals surface area contributed by atoms with Crippen molar-refractivity contribution in [2.24, 2.45) is 0 Å². The third-order valence-electron chi connectivity index (χ3n) is 4.04. The lowest BCUT2D eigenvalue weighted by Gasteiger charge is -2.28. The van der Waals surface area contributed by atoms with Crippen LogP contribution in [-0.4, -0.2) is 35.6 Å². The third-order valence-corrected chi connectivity index (χ3v) is 5.27. The lowest BCUT2D eigenvalue weighted by Crippen LogP contribution is -2.47. The molecule has 0 aliphatic carbocycles. The molecule has 0 aliphatic heterocycles. The van der Waals surface area contributed by atoms with Crippen LogP contribution >= 0.6 is 23.4 Å². The smallest absolute Gasteiger partial charge is 0.242 e. The number of nitrogens with one attached hydrogen (secondary N) is 1. The van der Waals surface area contributed by atoms with Crippen molar-refractivity contribution < 1.29 is 9.59 Å². The van der Waals surface area contributed by atoms with Crippen LogP contribution in [0, 0.1) is 6.92 Å². The van der Waals surface area contributed by atoms with Crippen LogP contribution in [-0.2, 0) is 16.1 Å². The van der Waals surface area contributed by atoms with Gasteiger partial charge in [-0.25, -0.2) is 0 Å². The Morgan fingerprint density at radius 3 is 2.50 bits per heavy atom. The van der Waals surface area contributed by atoms with Gasteiger partial charge in [0.1, 0.15) is 6.04 Å². The van der Waals surface area contributed by atoms with E-state index in [4.69, 9.17) is 11.6 Å². The average Bonchev–Trinajstić information content (AvgIpc) is 2.64. The van der Waals surface area contributed by atoms with Crippen molar-refractivity contribution in [3.05, 3.63) is 64.7 Å². The van der Waals surface area contributed by atoms with Gasteiger partial charge in [-0.3, -0.25) is 9.59 Å². The van der Waals surface area contributed by atoms with E-state index in [1.54, 1.807) is 24.9 Å². The van der Waals surface area contributed by atoms with Crippen molar-refractivity contribution in [1.82, 2.24) is 10.2 Å². The summed E-state index contributed by atoms with van der Waals surface area (Å²) in [5.41, 5.74) is 2.07. The zero-order valence-electron chi connectivity index (χ0n) is 15.2. The molecule has 2 aromatic carbocycles. The monoisotopic (exact) mass is 390 g/mol. The largest absolute Gasteiger partial charge is 0.357 e. The molecular weight excluding hydrogens is 368 g/mol. The average molecular weight is 391 g/mol. The first-order valence-corrected chi connectivity index (χ1v) is 9.72. The molecule has 0 aliphatic rings.